The number of aryl methyl sites for hydroxylation is 2. The van der Waals surface area contributed by atoms with Gasteiger partial charge in [-0.25, -0.2) is 14.4 Å². The van der Waals surface area contributed by atoms with Gasteiger partial charge in [-0.3, -0.25) is 0 Å². The van der Waals surface area contributed by atoms with E-state index in [2.05, 4.69) is 21.6 Å². The van der Waals surface area contributed by atoms with Crippen molar-refractivity contribution in [3.63, 3.8) is 0 Å². The van der Waals surface area contributed by atoms with Crippen LogP contribution in [0.15, 0.2) is 67.0 Å². The third-order valence-electron chi connectivity index (χ3n) is 5.78. The summed E-state index contributed by atoms with van der Waals surface area (Å²) < 4.78 is 61.6. The largest absolute Gasteiger partial charge is 0.573 e. The highest BCUT2D eigenvalue weighted by molar-refractivity contribution is 5.87. The fourth-order valence-electron chi connectivity index (χ4n) is 3.89. The zero-order valence-electron chi connectivity index (χ0n) is 19.8. The quantitative estimate of drug-likeness (QED) is 0.166. The Kier molecular flexibility index (Phi) is 8.03. The molecule has 0 bridgehead atoms. The molecule has 0 spiro atoms. The molecule has 0 saturated heterocycles. The topological polar surface area (TPSA) is 44.2 Å². The zero-order chi connectivity index (χ0) is 25.5. The first-order valence-electron chi connectivity index (χ1n) is 11.8. The van der Waals surface area contributed by atoms with Crippen LogP contribution in [-0.4, -0.2) is 22.9 Å². The first kappa shape index (κ1) is 25.4. The van der Waals surface area contributed by atoms with Gasteiger partial charge in [0, 0.05) is 10.9 Å². The lowest BCUT2D eigenvalue weighted by molar-refractivity contribution is -0.274. The van der Waals surface area contributed by atoms with Crippen LogP contribution in [0.5, 0.6) is 11.5 Å². The van der Waals surface area contributed by atoms with Gasteiger partial charge in [-0.2, -0.15) is 0 Å². The maximum Gasteiger partial charge on any atom is 0.573 e. The molecular formula is C28H26F4N2O2. The van der Waals surface area contributed by atoms with E-state index in [0.29, 0.717) is 42.0 Å². The average Bonchev–Trinajstić information content (AvgIpc) is 2.86. The summed E-state index contributed by atoms with van der Waals surface area (Å²) in [6.07, 6.45) is 2.67. The van der Waals surface area contributed by atoms with E-state index < -0.39 is 6.36 Å². The summed E-state index contributed by atoms with van der Waals surface area (Å²) in [6, 6.07) is 14.5. The van der Waals surface area contributed by atoms with Crippen LogP contribution in [0, 0.1) is 5.82 Å². The van der Waals surface area contributed by atoms with Crippen molar-refractivity contribution in [3.05, 3.63) is 83.9 Å². The molecule has 0 atom stereocenters. The van der Waals surface area contributed by atoms with Crippen molar-refractivity contribution >= 4 is 10.8 Å². The van der Waals surface area contributed by atoms with E-state index in [1.165, 1.54) is 12.1 Å². The number of ether oxygens (including phenoxy) is 2. The molecule has 0 unspecified atom stereocenters. The third kappa shape index (κ3) is 6.71. The molecule has 0 radical (unpaired) electrons. The molecule has 0 N–H and O–H groups in total. The summed E-state index contributed by atoms with van der Waals surface area (Å²) in [7, 11) is 0. The van der Waals surface area contributed by atoms with E-state index in [4.69, 9.17) is 4.74 Å². The van der Waals surface area contributed by atoms with E-state index in [9.17, 15) is 13.2 Å². The number of alkyl halides is 3. The van der Waals surface area contributed by atoms with Gasteiger partial charge < -0.3 is 9.47 Å². The highest BCUT2D eigenvalue weighted by Crippen LogP contribution is 2.28. The van der Waals surface area contributed by atoms with Crippen molar-refractivity contribution < 1.29 is 27.0 Å². The Morgan fingerprint density at radius 2 is 1.58 bits per heavy atom. The molecule has 4 nitrogen and oxygen atoms in total. The molecule has 0 aliphatic heterocycles. The number of nitrogens with zero attached hydrogens (tertiary/aromatic N) is 2. The van der Waals surface area contributed by atoms with Gasteiger partial charge in [0.15, 0.2) is 11.6 Å². The SMILES string of the molecule is CCCCCOc1cnc(-c2ccc3c(F)c(CCc4ccc(OC(F)(F)F)cc4)ccc3c2)nc1. The van der Waals surface area contributed by atoms with Crippen LogP contribution in [-0.2, 0) is 12.8 Å². The van der Waals surface area contributed by atoms with Crippen LogP contribution in [0.2, 0.25) is 0 Å². The summed E-state index contributed by atoms with van der Waals surface area (Å²) in [4.78, 5) is 8.76. The van der Waals surface area contributed by atoms with E-state index >= 15 is 4.39 Å². The fraction of sp³-hybridized carbons (Fsp3) is 0.286. The standard InChI is InChI=1S/C28H26F4N2O2/c1-2-3-4-15-35-24-17-33-27(34-18-24)22-11-14-25-21(16-22)10-9-20(26(25)29)8-5-19-6-12-23(13-7-19)36-28(30,31)32/h6-7,9-14,16-18H,2-5,8,15H2,1H3. The molecule has 1 heterocycles. The van der Waals surface area contributed by atoms with Crippen LogP contribution in [0.4, 0.5) is 17.6 Å². The first-order valence-corrected chi connectivity index (χ1v) is 11.8. The number of halogens is 4. The monoisotopic (exact) mass is 498 g/mol. The average molecular weight is 499 g/mol. The number of rotatable bonds is 10. The van der Waals surface area contributed by atoms with Crippen LogP contribution >= 0.6 is 0 Å². The molecule has 4 aromatic rings. The highest BCUT2D eigenvalue weighted by Gasteiger charge is 2.30. The number of hydrogen-bond acceptors (Lipinski definition) is 4. The van der Waals surface area contributed by atoms with Gasteiger partial charge in [0.05, 0.1) is 19.0 Å². The molecule has 0 saturated carbocycles. The number of benzene rings is 3. The molecule has 0 fully saturated rings. The second kappa shape index (κ2) is 11.4. The second-order valence-corrected chi connectivity index (χ2v) is 8.46. The van der Waals surface area contributed by atoms with Crippen LogP contribution in [0.3, 0.4) is 0 Å². The smallest absolute Gasteiger partial charge is 0.490 e. The van der Waals surface area contributed by atoms with Gasteiger partial charge in [-0.1, -0.05) is 56.2 Å². The number of unbranched alkanes of at least 4 members (excludes halogenated alkanes) is 2. The number of fused-ring (bicyclic) bond motifs is 1. The molecule has 8 heteroatoms. The second-order valence-electron chi connectivity index (χ2n) is 8.46. The van der Waals surface area contributed by atoms with Gasteiger partial charge >= 0.3 is 6.36 Å². The van der Waals surface area contributed by atoms with Gasteiger partial charge in [0.1, 0.15) is 11.6 Å². The Hall–Kier alpha value is -3.68. The summed E-state index contributed by atoms with van der Waals surface area (Å²) in [5.41, 5.74) is 2.09. The lowest BCUT2D eigenvalue weighted by Gasteiger charge is -2.10. The third-order valence-corrected chi connectivity index (χ3v) is 5.78. The maximum atomic E-state index is 15.2. The predicted octanol–water partition coefficient (Wildman–Crippen LogP) is 7.69. The fourth-order valence-corrected chi connectivity index (χ4v) is 3.89. The van der Waals surface area contributed by atoms with Crippen molar-refractivity contribution in [1.29, 1.82) is 0 Å². The molecular weight excluding hydrogens is 472 g/mol. The minimum atomic E-state index is -4.73. The molecule has 188 valence electrons. The summed E-state index contributed by atoms with van der Waals surface area (Å²) in [6.45, 7) is 2.77. The molecule has 1 aromatic heterocycles. The van der Waals surface area contributed by atoms with Crippen LogP contribution in [0.25, 0.3) is 22.2 Å². The Morgan fingerprint density at radius 1 is 0.833 bits per heavy atom. The van der Waals surface area contributed by atoms with Crippen LogP contribution < -0.4 is 9.47 Å². The summed E-state index contributed by atoms with van der Waals surface area (Å²) in [5.74, 6) is 0.555. The van der Waals surface area contributed by atoms with Crippen LogP contribution in [0.1, 0.15) is 37.3 Å². The van der Waals surface area contributed by atoms with E-state index in [-0.39, 0.29) is 11.6 Å². The number of aromatic nitrogens is 2. The Labute approximate surface area is 206 Å². The molecule has 36 heavy (non-hydrogen) atoms. The summed E-state index contributed by atoms with van der Waals surface area (Å²) >= 11 is 0. The highest BCUT2D eigenvalue weighted by atomic mass is 19.4. The summed E-state index contributed by atoms with van der Waals surface area (Å²) in [5, 5.41) is 1.21. The molecule has 0 aliphatic carbocycles. The Bertz CT molecular complexity index is 1290. The lowest BCUT2D eigenvalue weighted by atomic mass is 9.99. The molecule has 4 rings (SSSR count). The zero-order valence-corrected chi connectivity index (χ0v) is 19.8. The maximum absolute atomic E-state index is 15.2. The van der Waals surface area contributed by atoms with Crippen molar-refractivity contribution in [2.45, 2.75) is 45.4 Å². The van der Waals surface area contributed by atoms with Crippen molar-refractivity contribution in [2.24, 2.45) is 0 Å². The Morgan fingerprint density at radius 3 is 2.28 bits per heavy atom. The lowest BCUT2D eigenvalue weighted by Crippen LogP contribution is -2.17. The van der Waals surface area contributed by atoms with E-state index in [1.807, 2.05) is 12.1 Å². The van der Waals surface area contributed by atoms with Gasteiger partial charge in [0.25, 0.3) is 0 Å². The minimum absolute atomic E-state index is 0.281. The molecule has 0 aliphatic rings. The molecule has 0 amide bonds. The minimum Gasteiger partial charge on any atom is -0.490 e. The van der Waals surface area contributed by atoms with Crippen molar-refractivity contribution in [1.82, 2.24) is 9.97 Å². The van der Waals surface area contributed by atoms with Crippen molar-refractivity contribution in [2.75, 3.05) is 6.61 Å². The van der Waals surface area contributed by atoms with Gasteiger partial charge in [0.2, 0.25) is 0 Å². The Balaban J connectivity index is 1.42. The van der Waals surface area contributed by atoms with Gasteiger partial charge in [-0.15, -0.1) is 13.2 Å². The first-order chi connectivity index (χ1) is 17.3. The van der Waals surface area contributed by atoms with E-state index in [0.717, 1.165) is 35.8 Å². The van der Waals surface area contributed by atoms with Gasteiger partial charge in [-0.05, 0) is 54.0 Å². The predicted molar refractivity (Wildman–Crippen MR) is 130 cm³/mol. The van der Waals surface area contributed by atoms with E-state index in [1.54, 1.807) is 42.7 Å². The normalized spacial score (nSPS) is 11.6. The molecule has 3 aromatic carbocycles. The number of hydrogen-bond donors (Lipinski definition) is 0. The van der Waals surface area contributed by atoms with Crippen molar-refractivity contribution in [3.8, 4) is 22.9 Å².